The molecule has 0 saturated carbocycles. The third-order valence-electron chi connectivity index (χ3n) is 1.82. The van der Waals surface area contributed by atoms with Gasteiger partial charge in [0.15, 0.2) is 0 Å². The maximum Gasteiger partial charge on any atom is 0.312 e. The summed E-state index contributed by atoms with van der Waals surface area (Å²) in [5.41, 5.74) is -1.09. The molecule has 0 heterocycles. The van der Waals surface area contributed by atoms with E-state index in [2.05, 4.69) is 0 Å². The van der Waals surface area contributed by atoms with Gasteiger partial charge in [-0.1, -0.05) is 13.3 Å². The molecule has 0 aromatic carbocycles. The number of rotatable bonds is 6. The smallest absolute Gasteiger partial charge is 0.312 e. The van der Waals surface area contributed by atoms with E-state index in [9.17, 15) is 13.2 Å². The summed E-state index contributed by atoms with van der Waals surface area (Å²) in [6.45, 7) is 5.30. The van der Waals surface area contributed by atoms with Crippen molar-refractivity contribution >= 4 is 25.7 Å². The van der Waals surface area contributed by atoms with Gasteiger partial charge >= 0.3 is 5.97 Å². The van der Waals surface area contributed by atoms with Gasteiger partial charge in [-0.25, -0.2) is 8.42 Å². The Balaban J connectivity index is 4.27. The Morgan fingerprint density at radius 2 is 1.93 bits per heavy atom. The fourth-order valence-corrected chi connectivity index (χ4v) is 2.79. The van der Waals surface area contributed by atoms with E-state index in [0.717, 1.165) is 12.8 Å². The predicted molar refractivity (Wildman–Crippen MR) is 59.3 cm³/mol. The quantitative estimate of drug-likeness (QED) is 0.414. The molecule has 90 valence electrons. The average molecular weight is 257 g/mol. The van der Waals surface area contributed by atoms with E-state index < -0.39 is 26.2 Å². The maximum atomic E-state index is 11.5. The molecule has 0 radical (unpaired) electrons. The first-order chi connectivity index (χ1) is 6.69. The summed E-state index contributed by atoms with van der Waals surface area (Å²) in [6, 6.07) is 0. The number of unbranched alkanes of at least 4 members (excludes halogenated alkanes) is 1. The minimum Gasteiger partial charge on any atom is -0.465 e. The van der Waals surface area contributed by atoms with Crippen molar-refractivity contribution in [2.75, 3.05) is 12.4 Å². The Hall–Kier alpha value is -0.290. The van der Waals surface area contributed by atoms with Gasteiger partial charge in [0.25, 0.3) is 0 Å². The fourth-order valence-electron chi connectivity index (χ4n) is 0.995. The molecular formula is C9H17ClO4S. The molecule has 0 N–H and O–H groups in total. The first kappa shape index (κ1) is 14.7. The van der Waals surface area contributed by atoms with E-state index in [1.807, 2.05) is 6.92 Å². The lowest BCUT2D eigenvalue weighted by Gasteiger charge is -2.20. The topological polar surface area (TPSA) is 60.4 Å². The van der Waals surface area contributed by atoms with Crippen LogP contribution in [0.4, 0.5) is 0 Å². The van der Waals surface area contributed by atoms with Crippen LogP contribution >= 0.6 is 10.7 Å². The lowest BCUT2D eigenvalue weighted by atomic mass is 9.97. The van der Waals surface area contributed by atoms with Crippen LogP contribution < -0.4 is 0 Å². The van der Waals surface area contributed by atoms with Crippen LogP contribution in [0.3, 0.4) is 0 Å². The third-order valence-corrected chi connectivity index (χ3v) is 3.21. The number of hydrogen-bond acceptors (Lipinski definition) is 4. The van der Waals surface area contributed by atoms with Gasteiger partial charge in [-0.3, -0.25) is 4.79 Å². The molecule has 15 heavy (non-hydrogen) atoms. The second-order valence-corrected chi connectivity index (χ2v) is 6.83. The fraction of sp³-hybridized carbons (Fsp3) is 0.889. The zero-order valence-corrected chi connectivity index (χ0v) is 10.8. The number of esters is 1. The molecule has 0 bridgehead atoms. The second-order valence-electron chi connectivity index (χ2n) is 4.06. The summed E-state index contributed by atoms with van der Waals surface area (Å²) in [6.07, 6.45) is 1.69. The van der Waals surface area contributed by atoms with Crippen LogP contribution in [0.15, 0.2) is 0 Å². The molecule has 0 aliphatic heterocycles. The van der Waals surface area contributed by atoms with E-state index in [1.54, 1.807) is 0 Å². The Bertz CT molecular complexity index is 308. The second kappa shape index (κ2) is 5.70. The van der Waals surface area contributed by atoms with Gasteiger partial charge in [0.2, 0.25) is 9.05 Å². The molecule has 0 aliphatic rings. The van der Waals surface area contributed by atoms with E-state index in [0.29, 0.717) is 6.61 Å². The molecule has 0 aromatic heterocycles. The van der Waals surface area contributed by atoms with Crippen LogP contribution in [0.1, 0.15) is 33.6 Å². The number of ether oxygens (including phenoxy) is 1. The molecule has 0 aliphatic carbocycles. The van der Waals surface area contributed by atoms with Gasteiger partial charge in [0.05, 0.1) is 17.8 Å². The van der Waals surface area contributed by atoms with Crippen molar-refractivity contribution in [3.8, 4) is 0 Å². The van der Waals surface area contributed by atoms with Crippen LogP contribution in [0, 0.1) is 5.41 Å². The van der Waals surface area contributed by atoms with Crippen molar-refractivity contribution in [3.05, 3.63) is 0 Å². The van der Waals surface area contributed by atoms with Gasteiger partial charge in [-0.2, -0.15) is 0 Å². The van der Waals surface area contributed by atoms with Crippen molar-refractivity contribution in [1.29, 1.82) is 0 Å². The summed E-state index contributed by atoms with van der Waals surface area (Å²) < 4.78 is 26.6. The highest BCUT2D eigenvalue weighted by molar-refractivity contribution is 8.13. The summed E-state index contributed by atoms with van der Waals surface area (Å²) in [5.74, 6) is -0.938. The van der Waals surface area contributed by atoms with Gasteiger partial charge in [-0.05, 0) is 20.3 Å². The summed E-state index contributed by atoms with van der Waals surface area (Å²) in [5, 5.41) is 0. The van der Waals surface area contributed by atoms with E-state index >= 15 is 0 Å². The van der Waals surface area contributed by atoms with Crippen molar-refractivity contribution in [1.82, 2.24) is 0 Å². The Morgan fingerprint density at radius 1 is 1.40 bits per heavy atom. The lowest BCUT2D eigenvalue weighted by Crippen LogP contribution is -2.32. The van der Waals surface area contributed by atoms with Crippen LogP contribution in [-0.2, 0) is 18.6 Å². The SMILES string of the molecule is CCCCOC(=O)C(C)(C)CS(=O)(=O)Cl. The summed E-state index contributed by atoms with van der Waals surface area (Å²) >= 11 is 0. The van der Waals surface area contributed by atoms with Gasteiger partial charge in [0.1, 0.15) is 0 Å². The zero-order valence-electron chi connectivity index (χ0n) is 9.25. The zero-order chi connectivity index (χ0) is 12.1. The van der Waals surface area contributed by atoms with Gasteiger partial charge < -0.3 is 4.74 Å². The van der Waals surface area contributed by atoms with Gasteiger partial charge in [-0.15, -0.1) is 0 Å². The monoisotopic (exact) mass is 256 g/mol. The number of halogens is 1. The molecule has 0 fully saturated rings. The van der Waals surface area contributed by atoms with Crippen LogP contribution in [-0.4, -0.2) is 26.7 Å². The van der Waals surface area contributed by atoms with Crippen molar-refractivity contribution in [2.24, 2.45) is 5.41 Å². The molecule has 0 atom stereocenters. The van der Waals surface area contributed by atoms with Crippen LogP contribution in [0.2, 0.25) is 0 Å². The average Bonchev–Trinajstić information content (AvgIpc) is 2.00. The maximum absolute atomic E-state index is 11.5. The van der Waals surface area contributed by atoms with E-state index in [-0.39, 0.29) is 0 Å². The Labute approximate surface area is 95.4 Å². The lowest BCUT2D eigenvalue weighted by molar-refractivity contribution is -0.152. The Morgan fingerprint density at radius 3 is 2.33 bits per heavy atom. The molecule has 0 aromatic rings. The highest BCUT2D eigenvalue weighted by Gasteiger charge is 2.34. The molecule has 0 rings (SSSR count). The standard InChI is InChI=1S/C9H17ClO4S/c1-4-5-6-14-8(11)9(2,3)7-15(10,12)13/h4-7H2,1-3H3. The molecule has 0 saturated heterocycles. The van der Waals surface area contributed by atoms with E-state index in [4.69, 9.17) is 15.4 Å². The number of carbonyl (C=O) groups is 1. The molecule has 0 spiro atoms. The molecule has 4 nitrogen and oxygen atoms in total. The molecule has 0 unspecified atom stereocenters. The minimum absolute atomic E-state index is 0.321. The molecular weight excluding hydrogens is 240 g/mol. The van der Waals surface area contributed by atoms with Crippen molar-refractivity contribution < 1.29 is 17.9 Å². The van der Waals surface area contributed by atoms with Crippen LogP contribution in [0.25, 0.3) is 0 Å². The van der Waals surface area contributed by atoms with Crippen LogP contribution in [0.5, 0.6) is 0 Å². The normalized spacial score (nSPS) is 12.5. The first-order valence-electron chi connectivity index (χ1n) is 4.78. The third kappa shape index (κ3) is 6.73. The number of hydrogen-bond donors (Lipinski definition) is 0. The highest BCUT2D eigenvalue weighted by atomic mass is 35.7. The largest absolute Gasteiger partial charge is 0.465 e. The summed E-state index contributed by atoms with van der Waals surface area (Å²) in [7, 11) is 1.40. The Kier molecular flexibility index (Phi) is 5.59. The molecule has 6 heteroatoms. The highest BCUT2D eigenvalue weighted by Crippen LogP contribution is 2.22. The number of carbonyl (C=O) groups excluding carboxylic acids is 1. The van der Waals surface area contributed by atoms with E-state index in [1.165, 1.54) is 13.8 Å². The predicted octanol–water partition coefficient (Wildman–Crippen LogP) is 1.92. The molecule has 0 amide bonds. The summed E-state index contributed by atoms with van der Waals surface area (Å²) in [4.78, 5) is 11.5. The first-order valence-corrected chi connectivity index (χ1v) is 7.26. The van der Waals surface area contributed by atoms with Gasteiger partial charge in [0, 0.05) is 10.7 Å². The van der Waals surface area contributed by atoms with Crippen molar-refractivity contribution in [2.45, 2.75) is 33.6 Å². The van der Waals surface area contributed by atoms with Crippen molar-refractivity contribution in [3.63, 3.8) is 0 Å². The minimum atomic E-state index is -3.69.